The maximum Gasteiger partial charge on any atom is 0.0291 e. The Morgan fingerprint density at radius 2 is 1.31 bits per heavy atom. The zero-order valence-corrected chi connectivity index (χ0v) is 20.7. The minimum absolute atomic E-state index is 0.624. The first-order valence-corrected chi connectivity index (χ1v) is 13.7. The smallest absolute Gasteiger partial charge is 0.0291 e. The Kier molecular flexibility index (Phi) is 6.84. The van der Waals surface area contributed by atoms with Crippen molar-refractivity contribution in [2.75, 3.05) is 0 Å². The van der Waals surface area contributed by atoms with Crippen molar-refractivity contribution in [3.05, 3.63) is 114 Å². The SMILES string of the molecule is C1=C(c2ccccc2)CC2CCC1N2Cc1ccccc1.c1ccc(C2CC3CCC(C2)N3)cc1. The van der Waals surface area contributed by atoms with Gasteiger partial charge in [-0.25, -0.2) is 0 Å². The van der Waals surface area contributed by atoms with E-state index in [1.165, 1.54) is 56.1 Å². The highest BCUT2D eigenvalue weighted by molar-refractivity contribution is 5.68. The normalized spacial score (nSPS) is 29.3. The van der Waals surface area contributed by atoms with E-state index in [0.29, 0.717) is 6.04 Å². The molecule has 3 aromatic carbocycles. The van der Waals surface area contributed by atoms with Crippen LogP contribution in [0.1, 0.15) is 67.6 Å². The van der Waals surface area contributed by atoms with Gasteiger partial charge in [-0.3, -0.25) is 4.90 Å². The maximum atomic E-state index is 3.69. The third-order valence-electron chi connectivity index (χ3n) is 8.64. The summed E-state index contributed by atoms with van der Waals surface area (Å²) < 4.78 is 0. The van der Waals surface area contributed by atoms with Crippen molar-refractivity contribution in [2.24, 2.45) is 0 Å². The molecule has 0 radical (unpaired) electrons. The van der Waals surface area contributed by atoms with Gasteiger partial charge in [0.15, 0.2) is 0 Å². The van der Waals surface area contributed by atoms with Crippen molar-refractivity contribution in [3.8, 4) is 0 Å². The number of piperidine rings is 1. The molecule has 0 aromatic heterocycles. The summed E-state index contributed by atoms with van der Waals surface area (Å²) in [5.74, 6) is 0.815. The van der Waals surface area contributed by atoms with Gasteiger partial charge in [0.1, 0.15) is 0 Å². The molecule has 4 unspecified atom stereocenters. The van der Waals surface area contributed by atoms with Crippen LogP contribution in [-0.4, -0.2) is 29.1 Å². The van der Waals surface area contributed by atoms with E-state index in [9.17, 15) is 0 Å². The number of nitrogens with zero attached hydrogens (tertiary/aromatic N) is 1. The number of fused-ring (bicyclic) bond motifs is 4. The Bertz CT molecular complexity index is 1100. The molecule has 0 aliphatic carbocycles. The lowest BCUT2D eigenvalue weighted by molar-refractivity contribution is 0.203. The first-order chi connectivity index (χ1) is 17.3. The van der Waals surface area contributed by atoms with Crippen molar-refractivity contribution in [1.82, 2.24) is 10.2 Å². The number of rotatable bonds is 4. The second-order valence-corrected chi connectivity index (χ2v) is 10.9. The highest BCUT2D eigenvalue weighted by Gasteiger charge is 2.36. The van der Waals surface area contributed by atoms with Crippen LogP contribution in [0.2, 0.25) is 0 Å². The van der Waals surface area contributed by atoms with Crippen molar-refractivity contribution >= 4 is 5.57 Å². The summed E-state index contributed by atoms with van der Waals surface area (Å²) in [7, 11) is 0. The molecule has 4 heterocycles. The molecule has 3 fully saturated rings. The largest absolute Gasteiger partial charge is 0.311 e. The summed E-state index contributed by atoms with van der Waals surface area (Å²) in [4.78, 5) is 2.70. The van der Waals surface area contributed by atoms with Gasteiger partial charge in [0, 0.05) is 30.7 Å². The van der Waals surface area contributed by atoms with E-state index in [1.807, 2.05) is 0 Å². The van der Waals surface area contributed by atoms with Gasteiger partial charge in [0.05, 0.1) is 0 Å². The van der Waals surface area contributed by atoms with Gasteiger partial charge in [-0.05, 0) is 73.1 Å². The Balaban J connectivity index is 0.000000141. The fraction of sp³-hybridized carbons (Fsp3) is 0.394. The van der Waals surface area contributed by atoms with Gasteiger partial charge in [0.25, 0.3) is 0 Å². The molecule has 180 valence electrons. The minimum Gasteiger partial charge on any atom is -0.311 e. The number of hydrogen-bond donors (Lipinski definition) is 1. The lowest BCUT2D eigenvalue weighted by atomic mass is 9.86. The molecular formula is C33H38N2. The highest BCUT2D eigenvalue weighted by Crippen LogP contribution is 2.39. The molecule has 3 aromatic rings. The second-order valence-electron chi connectivity index (χ2n) is 10.9. The van der Waals surface area contributed by atoms with Crippen LogP contribution in [0.4, 0.5) is 0 Å². The van der Waals surface area contributed by atoms with E-state index in [0.717, 1.165) is 30.6 Å². The fourth-order valence-corrected chi connectivity index (χ4v) is 6.88. The van der Waals surface area contributed by atoms with Crippen molar-refractivity contribution < 1.29 is 0 Å². The first kappa shape index (κ1) is 22.8. The minimum atomic E-state index is 0.624. The van der Waals surface area contributed by atoms with Crippen LogP contribution in [0.5, 0.6) is 0 Å². The predicted molar refractivity (Wildman–Crippen MR) is 146 cm³/mol. The van der Waals surface area contributed by atoms with Crippen LogP contribution in [0, 0.1) is 0 Å². The van der Waals surface area contributed by atoms with Gasteiger partial charge < -0.3 is 5.32 Å². The van der Waals surface area contributed by atoms with Crippen LogP contribution in [0.15, 0.2) is 97.1 Å². The Morgan fingerprint density at radius 3 is 1.97 bits per heavy atom. The molecule has 3 saturated heterocycles. The molecule has 4 bridgehead atoms. The van der Waals surface area contributed by atoms with Crippen LogP contribution in [0.3, 0.4) is 0 Å². The molecule has 2 heteroatoms. The number of benzene rings is 3. The van der Waals surface area contributed by atoms with Crippen LogP contribution in [0.25, 0.3) is 5.57 Å². The average molecular weight is 463 g/mol. The van der Waals surface area contributed by atoms with Gasteiger partial charge in [-0.1, -0.05) is 97.1 Å². The zero-order chi connectivity index (χ0) is 23.5. The van der Waals surface area contributed by atoms with Gasteiger partial charge in [-0.15, -0.1) is 0 Å². The Hall–Kier alpha value is -2.68. The topological polar surface area (TPSA) is 15.3 Å². The van der Waals surface area contributed by atoms with Crippen LogP contribution in [-0.2, 0) is 6.54 Å². The summed E-state index contributed by atoms with van der Waals surface area (Å²) in [6, 6.07) is 35.7. The molecule has 0 amide bonds. The van der Waals surface area contributed by atoms with Crippen molar-refractivity contribution in [3.63, 3.8) is 0 Å². The molecule has 0 saturated carbocycles. The van der Waals surface area contributed by atoms with E-state index in [1.54, 1.807) is 11.1 Å². The van der Waals surface area contributed by atoms with E-state index in [-0.39, 0.29) is 0 Å². The molecule has 2 nitrogen and oxygen atoms in total. The summed E-state index contributed by atoms with van der Waals surface area (Å²) in [5.41, 5.74) is 5.94. The van der Waals surface area contributed by atoms with Crippen LogP contribution >= 0.6 is 0 Å². The molecular weight excluding hydrogens is 424 g/mol. The molecule has 35 heavy (non-hydrogen) atoms. The Morgan fingerprint density at radius 1 is 0.686 bits per heavy atom. The lowest BCUT2D eigenvalue weighted by Crippen LogP contribution is -2.37. The third-order valence-corrected chi connectivity index (χ3v) is 8.64. The summed E-state index contributed by atoms with van der Waals surface area (Å²) in [5, 5.41) is 3.69. The Labute approximate surface area is 211 Å². The third kappa shape index (κ3) is 5.29. The molecule has 7 rings (SSSR count). The quantitative estimate of drug-likeness (QED) is 0.441. The van der Waals surface area contributed by atoms with E-state index >= 15 is 0 Å². The average Bonchev–Trinajstić information content (AvgIpc) is 3.37. The molecule has 4 aliphatic heterocycles. The lowest BCUT2D eigenvalue weighted by Gasteiger charge is -2.34. The number of nitrogens with one attached hydrogen (secondary N) is 1. The van der Waals surface area contributed by atoms with E-state index in [2.05, 4.69) is 107 Å². The van der Waals surface area contributed by atoms with Crippen LogP contribution < -0.4 is 5.32 Å². The zero-order valence-electron chi connectivity index (χ0n) is 20.7. The molecule has 0 spiro atoms. The van der Waals surface area contributed by atoms with Gasteiger partial charge >= 0.3 is 0 Å². The predicted octanol–water partition coefficient (Wildman–Crippen LogP) is 7.19. The first-order valence-electron chi connectivity index (χ1n) is 13.7. The van der Waals surface area contributed by atoms with Crippen molar-refractivity contribution in [2.45, 2.75) is 81.6 Å². The van der Waals surface area contributed by atoms with E-state index in [4.69, 9.17) is 0 Å². The van der Waals surface area contributed by atoms with Crippen molar-refractivity contribution in [1.29, 1.82) is 0 Å². The standard InChI is InChI=1S/C20H21N.C13H17N/c1-3-7-16(8-4-1)15-21-19-11-12-20(21)14-18(13-19)17-9-5-2-6-10-17;1-2-4-10(5-3-1)11-8-12-6-7-13(9-11)14-12/h1-10,13,19-20H,11-12,14-15H2;1-5,11-14H,6-9H2. The van der Waals surface area contributed by atoms with E-state index < -0.39 is 0 Å². The second kappa shape index (κ2) is 10.5. The summed E-state index contributed by atoms with van der Waals surface area (Å²) in [6.45, 7) is 1.09. The highest BCUT2D eigenvalue weighted by atomic mass is 15.2. The fourth-order valence-electron chi connectivity index (χ4n) is 6.88. The molecule has 4 aliphatic rings. The summed E-state index contributed by atoms with van der Waals surface area (Å²) in [6.07, 6.45) is 11.9. The summed E-state index contributed by atoms with van der Waals surface area (Å²) >= 11 is 0. The van der Waals surface area contributed by atoms with Gasteiger partial charge in [0.2, 0.25) is 0 Å². The monoisotopic (exact) mass is 462 g/mol. The number of hydrogen-bond acceptors (Lipinski definition) is 2. The maximum absolute atomic E-state index is 3.69. The van der Waals surface area contributed by atoms with Gasteiger partial charge in [-0.2, -0.15) is 0 Å². The molecule has 4 atom stereocenters. The molecule has 1 N–H and O–H groups in total.